The fourth-order valence-corrected chi connectivity index (χ4v) is 9.10. The normalized spacial score (nSPS) is 51.1. The molecule has 2 heterocycles. The number of fused-ring (bicyclic) bond motifs is 3. The first-order valence-electron chi connectivity index (χ1n) is 12.3. The standard InChI is InChI=1S/C26H34O6/c1-14(27)31-22-21(15-4-7-20(29)30-13-15)25(3)11-9-18-19(26(25)23(22)32-26)6-5-16-12-17(28)8-10-24(16,18)2/h4,7,13,16-19,21-23,28H,5-6,8-12H2,1-3H3/t16-,17+,18?,19-,21+,22-,23-,24+,25-,26-/m1/s1. The molecule has 10 atom stereocenters. The Labute approximate surface area is 188 Å². The van der Waals surface area contributed by atoms with E-state index in [1.165, 1.54) is 13.0 Å². The van der Waals surface area contributed by atoms with Gasteiger partial charge in [-0.05, 0) is 79.7 Å². The fraction of sp³-hybridized carbons (Fsp3) is 0.769. The van der Waals surface area contributed by atoms with Crippen molar-refractivity contribution < 1.29 is 23.8 Å². The number of hydrogen-bond acceptors (Lipinski definition) is 6. The quantitative estimate of drug-likeness (QED) is 0.554. The summed E-state index contributed by atoms with van der Waals surface area (Å²) in [6.45, 7) is 6.23. The average Bonchev–Trinajstić information content (AvgIpc) is 3.44. The molecule has 174 valence electrons. The van der Waals surface area contributed by atoms with Crippen LogP contribution in [0.2, 0.25) is 0 Å². The van der Waals surface area contributed by atoms with Gasteiger partial charge in [0, 0.05) is 24.3 Å². The van der Waals surface area contributed by atoms with Crippen molar-refractivity contribution in [3.63, 3.8) is 0 Å². The van der Waals surface area contributed by atoms with Gasteiger partial charge in [-0.15, -0.1) is 0 Å². The van der Waals surface area contributed by atoms with E-state index in [9.17, 15) is 14.7 Å². The van der Waals surface area contributed by atoms with Crippen LogP contribution in [0.5, 0.6) is 0 Å². The first-order chi connectivity index (χ1) is 15.2. The van der Waals surface area contributed by atoms with Crippen molar-refractivity contribution in [3.05, 3.63) is 34.4 Å². The molecule has 0 aromatic carbocycles. The Balaban J connectivity index is 1.41. The number of esters is 1. The van der Waals surface area contributed by atoms with Gasteiger partial charge in [-0.2, -0.15) is 0 Å². The lowest BCUT2D eigenvalue weighted by Gasteiger charge is -2.61. The van der Waals surface area contributed by atoms with Crippen molar-refractivity contribution >= 4 is 5.97 Å². The number of carbonyl (C=O) groups is 1. The van der Waals surface area contributed by atoms with E-state index in [0.717, 1.165) is 50.5 Å². The van der Waals surface area contributed by atoms with Gasteiger partial charge >= 0.3 is 11.6 Å². The summed E-state index contributed by atoms with van der Waals surface area (Å²) in [6, 6.07) is 3.30. The summed E-state index contributed by atoms with van der Waals surface area (Å²) in [6.07, 6.45) is 8.20. The highest BCUT2D eigenvalue weighted by Crippen LogP contribution is 2.78. The summed E-state index contributed by atoms with van der Waals surface area (Å²) in [4.78, 5) is 23.7. The molecule has 1 spiro atoms. The maximum Gasteiger partial charge on any atom is 0.335 e. The van der Waals surface area contributed by atoms with Crippen molar-refractivity contribution in [1.29, 1.82) is 0 Å². The Hall–Kier alpha value is -1.66. The second kappa shape index (κ2) is 6.69. The monoisotopic (exact) mass is 442 g/mol. The molecular weight excluding hydrogens is 408 g/mol. The molecule has 6 heteroatoms. The molecule has 1 saturated heterocycles. The van der Waals surface area contributed by atoms with Crippen LogP contribution < -0.4 is 5.63 Å². The van der Waals surface area contributed by atoms with Crippen molar-refractivity contribution in [2.24, 2.45) is 28.6 Å². The Kier molecular flexibility index (Phi) is 4.37. The number of rotatable bonds is 2. The lowest BCUT2D eigenvalue weighted by Crippen LogP contribution is -2.58. The molecule has 32 heavy (non-hydrogen) atoms. The zero-order valence-corrected chi connectivity index (χ0v) is 19.2. The molecule has 0 radical (unpaired) electrons. The Morgan fingerprint density at radius 1 is 1.12 bits per heavy atom. The molecule has 1 aromatic heterocycles. The Morgan fingerprint density at radius 2 is 1.94 bits per heavy atom. The first-order valence-corrected chi connectivity index (χ1v) is 12.3. The van der Waals surface area contributed by atoms with Gasteiger partial charge in [0.2, 0.25) is 0 Å². The summed E-state index contributed by atoms with van der Waals surface area (Å²) >= 11 is 0. The van der Waals surface area contributed by atoms with Crippen molar-refractivity contribution in [1.82, 2.24) is 0 Å². The summed E-state index contributed by atoms with van der Waals surface area (Å²) in [5.41, 5.74) is 0.319. The van der Waals surface area contributed by atoms with Crippen LogP contribution >= 0.6 is 0 Å². The van der Waals surface area contributed by atoms with E-state index in [1.807, 2.05) is 6.07 Å². The van der Waals surface area contributed by atoms with E-state index in [4.69, 9.17) is 13.9 Å². The van der Waals surface area contributed by atoms with Gasteiger partial charge in [0.15, 0.2) is 0 Å². The third kappa shape index (κ3) is 2.54. The van der Waals surface area contributed by atoms with Gasteiger partial charge in [0.1, 0.15) is 17.8 Å². The molecule has 1 unspecified atom stereocenters. The van der Waals surface area contributed by atoms with E-state index >= 15 is 0 Å². The van der Waals surface area contributed by atoms with E-state index in [2.05, 4.69) is 13.8 Å². The Morgan fingerprint density at radius 3 is 2.66 bits per heavy atom. The molecule has 6 nitrogen and oxygen atoms in total. The summed E-state index contributed by atoms with van der Waals surface area (Å²) in [5, 5.41) is 10.3. The van der Waals surface area contributed by atoms with Crippen LogP contribution in [0, 0.1) is 28.6 Å². The van der Waals surface area contributed by atoms with Crippen LogP contribution in [0.25, 0.3) is 0 Å². The van der Waals surface area contributed by atoms with Crippen LogP contribution in [-0.4, -0.2) is 35.0 Å². The van der Waals surface area contributed by atoms with Gasteiger partial charge < -0.3 is 19.0 Å². The van der Waals surface area contributed by atoms with Crippen LogP contribution in [0.3, 0.4) is 0 Å². The molecule has 0 amide bonds. The predicted molar refractivity (Wildman–Crippen MR) is 116 cm³/mol. The fourth-order valence-electron chi connectivity index (χ4n) is 9.10. The minimum atomic E-state index is -0.369. The topological polar surface area (TPSA) is 89.3 Å². The second-order valence-electron chi connectivity index (χ2n) is 11.6. The number of carbonyl (C=O) groups excluding carboxylic acids is 1. The smallest absolute Gasteiger partial charge is 0.335 e. The number of hydrogen-bond donors (Lipinski definition) is 1. The van der Waals surface area contributed by atoms with E-state index in [0.29, 0.717) is 17.8 Å². The van der Waals surface area contributed by atoms with Gasteiger partial charge in [-0.3, -0.25) is 4.79 Å². The number of ether oxygens (including phenoxy) is 2. The van der Waals surface area contributed by atoms with Gasteiger partial charge in [-0.1, -0.05) is 13.8 Å². The minimum absolute atomic E-state index is 0.0471. The van der Waals surface area contributed by atoms with Crippen LogP contribution in [0.1, 0.15) is 77.2 Å². The Bertz CT molecular complexity index is 982. The molecule has 5 fully saturated rings. The molecular formula is C26H34O6. The van der Waals surface area contributed by atoms with Crippen molar-refractivity contribution in [2.75, 3.05) is 0 Å². The number of epoxide rings is 1. The molecule has 4 aliphatic carbocycles. The van der Waals surface area contributed by atoms with Crippen LogP contribution in [-0.2, 0) is 14.3 Å². The number of aliphatic hydroxyl groups excluding tert-OH is 1. The minimum Gasteiger partial charge on any atom is -0.459 e. The van der Waals surface area contributed by atoms with Crippen molar-refractivity contribution in [3.8, 4) is 0 Å². The summed E-state index contributed by atoms with van der Waals surface area (Å²) in [7, 11) is 0. The summed E-state index contributed by atoms with van der Waals surface area (Å²) in [5.74, 6) is 1.24. The van der Waals surface area contributed by atoms with E-state index in [1.54, 1.807) is 6.26 Å². The van der Waals surface area contributed by atoms with Crippen molar-refractivity contribution in [2.45, 2.75) is 95.5 Å². The van der Waals surface area contributed by atoms with E-state index < -0.39 is 0 Å². The summed E-state index contributed by atoms with van der Waals surface area (Å²) < 4.78 is 17.8. The SMILES string of the molecule is CC(=O)O[C@H]1[C@H]2O[C@]23[C@@H]2CC[C@@H]4C[C@@H](O)CC[C@]4(C)C2CC[C@]3(C)[C@H]1c1ccc(=O)oc1. The lowest BCUT2D eigenvalue weighted by atomic mass is 9.44. The predicted octanol–water partition coefficient (Wildman–Crippen LogP) is 3.80. The molecule has 6 rings (SSSR count). The van der Waals surface area contributed by atoms with E-state index in [-0.39, 0.29) is 52.3 Å². The van der Waals surface area contributed by atoms with Gasteiger partial charge in [0.05, 0.1) is 12.4 Å². The zero-order chi connectivity index (χ0) is 22.5. The van der Waals surface area contributed by atoms with Crippen LogP contribution in [0.15, 0.2) is 27.6 Å². The maximum atomic E-state index is 12.1. The molecule has 1 N–H and O–H groups in total. The molecule has 0 bridgehead atoms. The number of aliphatic hydroxyl groups is 1. The molecule has 4 saturated carbocycles. The second-order valence-corrected chi connectivity index (χ2v) is 11.6. The third-order valence-corrected chi connectivity index (χ3v) is 10.5. The molecule has 5 aliphatic rings. The molecule has 1 aromatic rings. The highest BCUT2D eigenvalue weighted by atomic mass is 16.7. The first kappa shape index (κ1) is 20.9. The van der Waals surface area contributed by atoms with Crippen LogP contribution in [0.4, 0.5) is 0 Å². The third-order valence-electron chi connectivity index (χ3n) is 10.5. The van der Waals surface area contributed by atoms with Gasteiger partial charge in [0.25, 0.3) is 0 Å². The largest absolute Gasteiger partial charge is 0.459 e. The molecule has 1 aliphatic heterocycles. The van der Waals surface area contributed by atoms with Gasteiger partial charge in [-0.25, -0.2) is 4.79 Å². The highest BCUT2D eigenvalue weighted by molar-refractivity contribution is 5.66. The maximum absolute atomic E-state index is 12.1. The zero-order valence-electron chi connectivity index (χ0n) is 19.2. The highest BCUT2D eigenvalue weighted by Gasteiger charge is 2.84. The average molecular weight is 443 g/mol. The lowest BCUT2D eigenvalue weighted by molar-refractivity contribution is -0.158.